The lowest BCUT2D eigenvalue weighted by Gasteiger charge is -2.19. The molecule has 1 aromatic carbocycles. The molecule has 0 unspecified atom stereocenters. The van der Waals surface area contributed by atoms with E-state index in [0.29, 0.717) is 5.69 Å². The fourth-order valence-corrected chi connectivity index (χ4v) is 3.56. The number of aryl methyl sites for hydroxylation is 1. The fraction of sp³-hybridized carbons (Fsp3) is 0.462. The molecule has 110 valence electrons. The lowest BCUT2D eigenvalue weighted by Crippen LogP contribution is -2.38. The normalized spacial score (nSPS) is 15.4. The van der Waals surface area contributed by atoms with Gasteiger partial charge in [0.25, 0.3) is 0 Å². The van der Waals surface area contributed by atoms with Crippen molar-refractivity contribution in [2.75, 3.05) is 18.1 Å². The number of nitrogens with zero attached hydrogens (tertiary/aromatic N) is 1. The number of sulfonamides is 1. The molecule has 1 amide bonds. The molecule has 5 nitrogen and oxygen atoms in total. The fourth-order valence-electron chi connectivity index (χ4n) is 1.98. The first kappa shape index (κ1) is 15.5. The summed E-state index contributed by atoms with van der Waals surface area (Å²) in [6, 6.07) is 5.50. The van der Waals surface area contributed by atoms with Crippen molar-refractivity contribution in [1.82, 2.24) is 4.31 Å². The van der Waals surface area contributed by atoms with Gasteiger partial charge in [0.2, 0.25) is 15.9 Å². The maximum absolute atomic E-state index is 12.0. The van der Waals surface area contributed by atoms with Gasteiger partial charge in [-0.15, -0.1) is 0 Å². The summed E-state index contributed by atoms with van der Waals surface area (Å²) in [6.45, 7) is 1.76. The van der Waals surface area contributed by atoms with E-state index in [2.05, 4.69) is 21.2 Å². The van der Waals surface area contributed by atoms with E-state index in [1.54, 1.807) is 6.07 Å². The Morgan fingerprint density at radius 1 is 1.45 bits per heavy atom. The average molecular weight is 361 g/mol. The third-order valence-corrected chi connectivity index (χ3v) is 4.91. The van der Waals surface area contributed by atoms with E-state index in [-0.39, 0.29) is 18.5 Å². The number of anilines is 1. The van der Waals surface area contributed by atoms with Gasteiger partial charge in [-0.25, -0.2) is 8.42 Å². The van der Waals surface area contributed by atoms with Gasteiger partial charge >= 0.3 is 0 Å². The zero-order valence-corrected chi connectivity index (χ0v) is 13.8. The number of benzene rings is 1. The Bertz CT molecular complexity index is 627. The van der Waals surface area contributed by atoms with E-state index >= 15 is 0 Å². The van der Waals surface area contributed by atoms with Crippen LogP contribution in [-0.4, -0.2) is 37.5 Å². The van der Waals surface area contributed by atoms with Gasteiger partial charge in [0.1, 0.15) is 0 Å². The second kappa shape index (κ2) is 5.83. The molecular weight excluding hydrogens is 344 g/mol. The van der Waals surface area contributed by atoms with E-state index in [0.717, 1.165) is 29.1 Å². The summed E-state index contributed by atoms with van der Waals surface area (Å²) in [5.41, 5.74) is 1.62. The number of hydrogen-bond donors (Lipinski definition) is 1. The number of carbonyl (C=O) groups excluding carboxylic acids is 1. The van der Waals surface area contributed by atoms with Gasteiger partial charge < -0.3 is 5.32 Å². The van der Waals surface area contributed by atoms with Gasteiger partial charge in [-0.2, -0.15) is 4.31 Å². The molecule has 0 saturated heterocycles. The standard InChI is InChI=1S/C13H17BrN2O3S/c1-9-7-10(14)3-6-12(9)15-13(17)8-16(11-4-5-11)20(2,18)19/h3,6-7,11H,4-5,8H2,1-2H3,(H,15,17). The third-order valence-electron chi connectivity index (χ3n) is 3.14. The van der Waals surface area contributed by atoms with Crippen LogP contribution in [0.15, 0.2) is 22.7 Å². The SMILES string of the molecule is Cc1cc(Br)ccc1NC(=O)CN(C1CC1)S(C)(=O)=O. The van der Waals surface area contributed by atoms with Gasteiger partial charge in [0, 0.05) is 16.2 Å². The van der Waals surface area contributed by atoms with Crippen LogP contribution in [0.1, 0.15) is 18.4 Å². The first-order valence-electron chi connectivity index (χ1n) is 6.30. The maximum Gasteiger partial charge on any atom is 0.239 e. The van der Waals surface area contributed by atoms with Crippen molar-refractivity contribution in [3.05, 3.63) is 28.2 Å². The van der Waals surface area contributed by atoms with Crippen molar-refractivity contribution in [2.24, 2.45) is 0 Å². The molecular formula is C13H17BrN2O3S. The zero-order chi connectivity index (χ0) is 14.9. The van der Waals surface area contributed by atoms with Crippen molar-refractivity contribution in [3.63, 3.8) is 0 Å². The van der Waals surface area contributed by atoms with E-state index in [1.807, 2.05) is 19.1 Å². The molecule has 2 rings (SSSR count). The van der Waals surface area contributed by atoms with Crippen LogP contribution in [0, 0.1) is 6.92 Å². The largest absolute Gasteiger partial charge is 0.325 e. The van der Waals surface area contributed by atoms with Crippen LogP contribution in [-0.2, 0) is 14.8 Å². The van der Waals surface area contributed by atoms with Crippen LogP contribution < -0.4 is 5.32 Å². The Morgan fingerprint density at radius 3 is 2.60 bits per heavy atom. The predicted octanol–water partition coefficient (Wildman–Crippen LogP) is 2.12. The Balaban J connectivity index is 2.04. The molecule has 1 fully saturated rings. The van der Waals surface area contributed by atoms with Gasteiger partial charge in [0.05, 0.1) is 12.8 Å². The van der Waals surface area contributed by atoms with Crippen LogP contribution in [0.3, 0.4) is 0 Å². The maximum atomic E-state index is 12.0. The topological polar surface area (TPSA) is 66.5 Å². The number of nitrogens with one attached hydrogen (secondary N) is 1. The minimum atomic E-state index is -3.34. The number of carbonyl (C=O) groups is 1. The van der Waals surface area contributed by atoms with Crippen molar-refractivity contribution in [1.29, 1.82) is 0 Å². The number of amides is 1. The minimum absolute atomic E-state index is 0.0123. The average Bonchev–Trinajstić information content (AvgIpc) is 3.12. The molecule has 1 N–H and O–H groups in total. The number of rotatable bonds is 5. The molecule has 0 heterocycles. The molecule has 0 aromatic heterocycles. The summed E-state index contributed by atoms with van der Waals surface area (Å²) >= 11 is 3.36. The molecule has 0 atom stereocenters. The monoisotopic (exact) mass is 360 g/mol. The second-order valence-corrected chi connectivity index (χ2v) is 7.90. The van der Waals surface area contributed by atoms with E-state index in [9.17, 15) is 13.2 Å². The minimum Gasteiger partial charge on any atom is -0.325 e. The molecule has 0 bridgehead atoms. The van der Waals surface area contributed by atoms with Crippen LogP contribution in [0.4, 0.5) is 5.69 Å². The van der Waals surface area contributed by atoms with Gasteiger partial charge in [-0.05, 0) is 43.5 Å². The van der Waals surface area contributed by atoms with Gasteiger partial charge in [-0.3, -0.25) is 4.79 Å². The highest BCUT2D eigenvalue weighted by atomic mass is 79.9. The summed E-state index contributed by atoms with van der Waals surface area (Å²) in [4.78, 5) is 12.0. The van der Waals surface area contributed by atoms with Crippen LogP contribution in [0.25, 0.3) is 0 Å². The van der Waals surface area contributed by atoms with Gasteiger partial charge in [0.15, 0.2) is 0 Å². The van der Waals surface area contributed by atoms with E-state index < -0.39 is 10.0 Å². The van der Waals surface area contributed by atoms with Crippen LogP contribution >= 0.6 is 15.9 Å². The van der Waals surface area contributed by atoms with Crippen molar-refractivity contribution in [2.45, 2.75) is 25.8 Å². The Kier molecular flexibility index (Phi) is 4.51. The Hall–Kier alpha value is -0.920. The van der Waals surface area contributed by atoms with Crippen molar-refractivity contribution < 1.29 is 13.2 Å². The molecule has 20 heavy (non-hydrogen) atoms. The molecule has 1 aliphatic rings. The molecule has 0 aliphatic heterocycles. The molecule has 1 aliphatic carbocycles. The molecule has 0 radical (unpaired) electrons. The Labute approximate surface area is 127 Å². The predicted molar refractivity (Wildman–Crippen MR) is 82.1 cm³/mol. The van der Waals surface area contributed by atoms with Crippen LogP contribution in [0.5, 0.6) is 0 Å². The summed E-state index contributed by atoms with van der Waals surface area (Å²) in [6.07, 6.45) is 2.80. The zero-order valence-electron chi connectivity index (χ0n) is 11.4. The highest BCUT2D eigenvalue weighted by molar-refractivity contribution is 9.10. The first-order chi connectivity index (χ1) is 9.27. The lowest BCUT2D eigenvalue weighted by atomic mass is 10.2. The highest BCUT2D eigenvalue weighted by Crippen LogP contribution is 2.28. The Morgan fingerprint density at radius 2 is 2.10 bits per heavy atom. The van der Waals surface area contributed by atoms with E-state index in [1.165, 1.54) is 4.31 Å². The van der Waals surface area contributed by atoms with Gasteiger partial charge in [-0.1, -0.05) is 15.9 Å². The smallest absolute Gasteiger partial charge is 0.239 e. The van der Waals surface area contributed by atoms with Crippen molar-refractivity contribution in [3.8, 4) is 0 Å². The quantitative estimate of drug-likeness (QED) is 0.874. The third kappa shape index (κ3) is 4.04. The summed E-state index contributed by atoms with van der Waals surface area (Å²) in [5.74, 6) is -0.312. The molecule has 0 spiro atoms. The summed E-state index contributed by atoms with van der Waals surface area (Å²) in [5, 5.41) is 2.76. The molecule has 1 saturated carbocycles. The van der Waals surface area contributed by atoms with E-state index in [4.69, 9.17) is 0 Å². The highest BCUT2D eigenvalue weighted by Gasteiger charge is 2.36. The number of halogens is 1. The van der Waals surface area contributed by atoms with Crippen molar-refractivity contribution >= 4 is 37.5 Å². The molecule has 7 heteroatoms. The molecule has 1 aromatic rings. The summed E-state index contributed by atoms with van der Waals surface area (Å²) < 4.78 is 25.5. The number of hydrogen-bond acceptors (Lipinski definition) is 3. The van der Waals surface area contributed by atoms with Crippen LogP contribution in [0.2, 0.25) is 0 Å². The summed E-state index contributed by atoms with van der Waals surface area (Å²) in [7, 11) is -3.34. The second-order valence-electron chi connectivity index (χ2n) is 5.05. The lowest BCUT2D eigenvalue weighted by molar-refractivity contribution is -0.116. The first-order valence-corrected chi connectivity index (χ1v) is 8.94.